The molecule has 12 nitrogen and oxygen atoms in total. The molecule has 3 aromatic heterocycles. The number of anilines is 1. The number of benzene rings is 1. The molecule has 5 rings (SSSR count). The van der Waals surface area contributed by atoms with Crippen LogP contribution in [0.1, 0.15) is 24.6 Å². The van der Waals surface area contributed by atoms with E-state index in [-0.39, 0.29) is 10.0 Å². The first-order chi connectivity index (χ1) is 19.2. The van der Waals surface area contributed by atoms with Crippen LogP contribution >= 0.6 is 23.2 Å². The quantitative estimate of drug-likeness (QED) is 0.298. The fraction of sp³-hybridized carbons (Fsp3) is 0.360. The van der Waals surface area contributed by atoms with E-state index in [0.29, 0.717) is 73.3 Å². The van der Waals surface area contributed by atoms with Crippen LogP contribution in [-0.2, 0) is 10.0 Å². The van der Waals surface area contributed by atoms with Gasteiger partial charge in [-0.05, 0) is 18.9 Å². The van der Waals surface area contributed by atoms with Crippen molar-refractivity contribution in [2.75, 3.05) is 44.4 Å². The molecule has 212 valence electrons. The Morgan fingerprint density at radius 1 is 1.00 bits per heavy atom. The molecule has 0 aliphatic carbocycles. The third-order valence-corrected chi connectivity index (χ3v) is 8.52. The normalized spacial score (nSPS) is 16.0. The summed E-state index contributed by atoms with van der Waals surface area (Å²) in [5, 5.41) is 8.81. The number of ether oxygens (including phenoxy) is 2. The average Bonchev–Trinajstić information content (AvgIpc) is 3.30. The molecule has 0 unspecified atom stereocenters. The second-order valence-electron chi connectivity index (χ2n) is 9.30. The minimum Gasteiger partial charge on any atom is -0.493 e. The van der Waals surface area contributed by atoms with E-state index in [1.54, 1.807) is 24.5 Å². The number of nitrogens with one attached hydrogen (secondary N) is 1. The summed E-state index contributed by atoms with van der Waals surface area (Å²) < 4.78 is 36.9. The second kappa shape index (κ2) is 11.7. The molecule has 4 aromatic rings. The fourth-order valence-corrected chi connectivity index (χ4v) is 6.12. The molecule has 1 aromatic carbocycles. The fourth-order valence-electron chi connectivity index (χ4n) is 4.62. The van der Waals surface area contributed by atoms with Gasteiger partial charge in [0.25, 0.3) is 0 Å². The van der Waals surface area contributed by atoms with Crippen LogP contribution < -0.4 is 20.1 Å². The lowest BCUT2D eigenvalue weighted by Gasteiger charge is -2.29. The van der Waals surface area contributed by atoms with Crippen LogP contribution in [0.25, 0.3) is 22.2 Å². The van der Waals surface area contributed by atoms with Crippen molar-refractivity contribution in [3.8, 4) is 22.8 Å². The number of hydrogen-bond acceptors (Lipinski definition) is 10. The van der Waals surface area contributed by atoms with Crippen LogP contribution in [0.3, 0.4) is 0 Å². The van der Waals surface area contributed by atoms with Gasteiger partial charge >= 0.3 is 0 Å². The first-order valence-corrected chi connectivity index (χ1v) is 15.1. The first kappa shape index (κ1) is 28.3. The monoisotopic (exact) mass is 606 g/mol. The van der Waals surface area contributed by atoms with Crippen molar-refractivity contribution >= 4 is 50.1 Å². The molecular formula is C25H28Cl2N8O4S. The highest BCUT2D eigenvalue weighted by molar-refractivity contribution is 7.88. The number of nitrogens with two attached hydrogens (primary N) is 1. The molecule has 3 N–H and O–H groups in total. The van der Waals surface area contributed by atoms with Crippen molar-refractivity contribution in [3.05, 3.63) is 52.5 Å². The van der Waals surface area contributed by atoms with Gasteiger partial charge in [-0.1, -0.05) is 23.2 Å². The Hall–Kier alpha value is -3.23. The van der Waals surface area contributed by atoms with Gasteiger partial charge in [0.05, 0.1) is 28.9 Å². The topological polar surface area (TPSA) is 152 Å². The summed E-state index contributed by atoms with van der Waals surface area (Å²) in [6.45, 7) is 2.26. The number of aromatic nitrogens is 5. The standard InChI is InChI=1S/C25H28Cl2N8O4S/c1-38-20-10-19-16(9-21(20)39-24(28)22-17(26)13-29-14-18(22)27)23(33-32-19)15-11-30-25(31-12-15)34-5-3-7-35(8-4-6-34)40(2,36)37/h9-14,24H,3-8,28H2,1-2H3,(H,32,33)/t24-/m0/s1. The van der Waals surface area contributed by atoms with Crippen LogP contribution in [0.4, 0.5) is 5.95 Å². The van der Waals surface area contributed by atoms with Crippen molar-refractivity contribution in [1.82, 2.24) is 29.5 Å². The van der Waals surface area contributed by atoms with E-state index >= 15 is 0 Å². The molecule has 0 saturated carbocycles. The third kappa shape index (κ3) is 5.93. The van der Waals surface area contributed by atoms with Gasteiger partial charge < -0.3 is 14.4 Å². The van der Waals surface area contributed by atoms with Crippen molar-refractivity contribution in [2.45, 2.75) is 19.1 Å². The SMILES string of the molecule is COc1cc2[nH]nc(-c3cnc(N4CCCN(S(C)(=O)=O)CCC4)nc3)c2cc1O[C@H](N)c1c(Cl)cncc1Cl. The summed E-state index contributed by atoms with van der Waals surface area (Å²) in [5.74, 6) is 1.40. The molecule has 1 saturated heterocycles. The number of methoxy groups -OCH3 is 1. The van der Waals surface area contributed by atoms with Crippen molar-refractivity contribution in [2.24, 2.45) is 5.73 Å². The third-order valence-electron chi connectivity index (χ3n) is 6.61. The minimum absolute atomic E-state index is 0.286. The maximum atomic E-state index is 11.9. The van der Waals surface area contributed by atoms with E-state index in [1.165, 1.54) is 30.1 Å². The lowest BCUT2D eigenvalue weighted by atomic mass is 10.1. The summed E-state index contributed by atoms with van der Waals surface area (Å²) in [5.41, 5.74) is 8.75. The molecule has 1 aliphatic heterocycles. The Morgan fingerprint density at radius 2 is 1.65 bits per heavy atom. The number of hydrogen-bond donors (Lipinski definition) is 2. The largest absolute Gasteiger partial charge is 0.493 e. The molecule has 4 heterocycles. The van der Waals surface area contributed by atoms with Gasteiger partial charge in [-0.3, -0.25) is 15.8 Å². The number of H-pyrrole nitrogens is 1. The van der Waals surface area contributed by atoms with Crippen LogP contribution in [0.5, 0.6) is 11.5 Å². The van der Waals surface area contributed by atoms with Gasteiger partial charge in [-0.25, -0.2) is 22.7 Å². The summed E-state index contributed by atoms with van der Waals surface area (Å²) in [7, 11) is -1.67. The molecule has 0 spiro atoms. The summed E-state index contributed by atoms with van der Waals surface area (Å²) in [6, 6.07) is 3.54. The molecule has 0 bridgehead atoms. The van der Waals surface area contributed by atoms with Gasteiger partial charge in [0.2, 0.25) is 16.0 Å². The number of sulfonamides is 1. The molecular weight excluding hydrogens is 579 g/mol. The van der Waals surface area contributed by atoms with Gasteiger partial charge in [0, 0.05) is 73.5 Å². The Bertz CT molecular complexity index is 1590. The smallest absolute Gasteiger partial charge is 0.225 e. The second-order valence-corrected chi connectivity index (χ2v) is 12.1. The van der Waals surface area contributed by atoms with Crippen LogP contribution in [0.2, 0.25) is 10.0 Å². The zero-order valence-corrected chi connectivity index (χ0v) is 24.2. The summed E-state index contributed by atoms with van der Waals surface area (Å²) >= 11 is 12.5. The molecule has 15 heteroatoms. The van der Waals surface area contributed by atoms with Gasteiger partial charge in [0.1, 0.15) is 5.69 Å². The first-order valence-electron chi connectivity index (χ1n) is 12.5. The predicted octanol–water partition coefficient (Wildman–Crippen LogP) is 3.63. The number of fused-ring (bicyclic) bond motifs is 1. The summed E-state index contributed by atoms with van der Waals surface area (Å²) in [6.07, 6.45) is 7.96. The molecule has 1 atom stereocenters. The van der Waals surface area contributed by atoms with E-state index in [1.807, 2.05) is 0 Å². The van der Waals surface area contributed by atoms with Crippen LogP contribution in [-0.4, -0.2) is 77.4 Å². The molecule has 40 heavy (non-hydrogen) atoms. The summed E-state index contributed by atoms with van der Waals surface area (Å²) in [4.78, 5) is 15.2. The number of nitrogens with zero attached hydrogens (tertiary/aromatic N) is 6. The highest BCUT2D eigenvalue weighted by Gasteiger charge is 2.22. The zero-order chi connectivity index (χ0) is 28.4. The Labute approximate surface area is 241 Å². The lowest BCUT2D eigenvalue weighted by molar-refractivity contribution is 0.204. The van der Waals surface area contributed by atoms with E-state index < -0.39 is 16.3 Å². The highest BCUT2D eigenvalue weighted by atomic mass is 35.5. The van der Waals surface area contributed by atoms with E-state index in [2.05, 4.69) is 30.0 Å². The minimum atomic E-state index is -3.19. The lowest BCUT2D eigenvalue weighted by Crippen LogP contribution is -2.39. The number of aromatic amines is 1. The Balaban J connectivity index is 1.38. The van der Waals surface area contributed by atoms with Gasteiger partial charge in [-0.15, -0.1) is 0 Å². The number of pyridine rings is 1. The maximum absolute atomic E-state index is 11.9. The van der Waals surface area contributed by atoms with Crippen molar-refractivity contribution < 1.29 is 17.9 Å². The van der Waals surface area contributed by atoms with Crippen molar-refractivity contribution in [1.29, 1.82) is 0 Å². The molecule has 1 fully saturated rings. The zero-order valence-electron chi connectivity index (χ0n) is 21.8. The predicted molar refractivity (Wildman–Crippen MR) is 153 cm³/mol. The van der Waals surface area contributed by atoms with Gasteiger partial charge in [0.15, 0.2) is 17.7 Å². The van der Waals surface area contributed by atoms with E-state index in [9.17, 15) is 8.42 Å². The van der Waals surface area contributed by atoms with Crippen molar-refractivity contribution in [3.63, 3.8) is 0 Å². The van der Waals surface area contributed by atoms with Crippen LogP contribution in [0.15, 0.2) is 36.9 Å². The van der Waals surface area contributed by atoms with E-state index in [4.69, 9.17) is 38.4 Å². The molecule has 1 aliphatic rings. The maximum Gasteiger partial charge on any atom is 0.225 e. The Morgan fingerprint density at radius 3 is 2.25 bits per heavy atom. The number of rotatable bonds is 7. The van der Waals surface area contributed by atoms with Crippen LogP contribution in [0, 0.1) is 0 Å². The highest BCUT2D eigenvalue weighted by Crippen LogP contribution is 2.38. The molecule has 0 amide bonds. The average molecular weight is 608 g/mol. The van der Waals surface area contributed by atoms with Gasteiger partial charge in [-0.2, -0.15) is 5.10 Å². The number of halogens is 2. The molecule has 0 radical (unpaired) electrons. The van der Waals surface area contributed by atoms with E-state index in [0.717, 1.165) is 10.9 Å². The Kier molecular flexibility index (Phi) is 8.29.